The van der Waals surface area contributed by atoms with E-state index in [1.165, 1.54) is 12.1 Å². The largest absolute Gasteiger partial charge is 0.300 e. The molecule has 0 amide bonds. The Balaban J connectivity index is 2.02. The van der Waals surface area contributed by atoms with E-state index in [-0.39, 0.29) is 17.1 Å². The molecule has 142 valence electrons. The van der Waals surface area contributed by atoms with E-state index < -0.39 is 0 Å². The van der Waals surface area contributed by atoms with E-state index in [1.807, 2.05) is 42.9 Å². The van der Waals surface area contributed by atoms with Crippen molar-refractivity contribution >= 4 is 23.4 Å². The predicted molar refractivity (Wildman–Crippen MR) is 109 cm³/mol. The van der Waals surface area contributed by atoms with Gasteiger partial charge >= 0.3 is 0 Å². The molecule has 0 aliphatic heterocycles. The fourth-order valence-electron chi connectivity index (χ4n) is 2.72. The Morgan fingerprint density at radius 3 is 2.33 bits per heavy atom. The number of hydrogen-bond donors (Lipinski definition) is 0. The van der Waals surface area contributed by atoms with Gasteiger partial charge in [-0.05, 0) is 63.8 Å². The number of aromatic nitrogens is 3. The fraction of sp³-hybridized carbons (Fsp3) is 0.300. The predicted octanol–water partition coefficient (Wildman–Crippen LogP) is 5.54. The molecular formula is C20H22ClFN4S. The van der Waals surface area contributed by atoms with Crippen molar-refractivity contribution in [1.29, 1.82) is 0 Å². The molecule has 3 aromatic rings. The normalized spacial score (nSPS) is 13.7. The number of nitrogens with zero attached hydrogens (tertiary/aromatic N) is 4. The molecule has 0 radical (unpaired) electrons. The summed E-state index contributed by atoms with van der Waals surface area (Å²) in [4.78, 5) is 2.07. The maximum absolute atomic E-state index is 13.4. The van der Waals surface area contributed by atoms with Crippen LogP contribution in [-0.4, -0.2) is 33.8 Å². The molecule has 0 bridgehead atoms. The van der Waals surface area contributed by atoms with Crippen LogP contribution >= 0.6 is 23.4 Å². The van der Waals surface area contributed by atoms with E-state index in [4.69, 9.17) is 11.6 Å². The monoisotopic (exact) mass is 404 g/mol. The van der Waals surface area contributed by atoms with Crippen LogP contribution in [0.15, 0.2) is 53.7 Å². The van der Waals surface area contributed by atoms with Crippen molar-refractivity contribution in [2.75, 3.05) is 14.1 Å². The molecule has 2 atom stereocenters. The van der Waals surface area contributed by atoms with E-state index >= 15 is 0 Å². The first-order valence-corrected chi connectivity index (χ1v) is 9.93. The molecule has 0 unspecified atom stereocenters. The Labute approximate surface area is 168 Å². The van der Waals surface area contributed by atoms with E-state index in [0.29, 0.717) is 0 Å². The first-order valence-electron chi connectivity index (χ1n) is 8.67. The molecule has 4 nitrogen and oxygen atoms in total. The van der Waals surface area contributed by atoms with Crippen LogP contribution in [0.3, 0.4) is 0 Å². The molecule has 2 aromatic carbocycles. The Bertz CT molecular complexity index is 911. The second kappa shape index (κ2) is 8.42. The lowest BCUT2D eigenvalue weighted by Crippen LogP contribution is -2.20. The van der Waals surface area contributed by atoms with Crippen molar-refractivity contribution in [3.05, 3.63) is 70.8 Å². The highest BCUT2D eigenvalue weighted by molar-refractivity contribution is 7.99. The summed E-state index contributed by atoms with van der Waals surface area (Å²) >= 11 is 7.93. The first-order chi connectivity index (χ1) is 12.9. The van der Waals surface area contributed by atoms with Crippen molar-refractivity contribution in [2.24, 2.45) is 0 Å². The topological polar surface area (TPSA) is 34.0 Å². The summed E-state index contributed by atoms with van der Waals surface area (Å²) in [7, 11) is 3.99. The Kier molecular flexibility index (Phi) is 6.19. The lowest BCUT2D eigenvalue weighted by Gasteiger charge is -2.21. The number of rotatable bonds is 6. The average Bonchev–Trinajstić information content (AvgIpc) is 3.05. The van der Waals surface area contributed by atoms with Gasteiger partial charge in [0, 0.05) is 16.0 Å². The van der Waals surface area contributed by atoms with Gasteiger partial charge in [0.2, 0.25) is 0 Å². The zero-order chi connectivity index (χ0) is 19.6. The summed E-state index contributed by atoms with van der Waals surface area (Å²) in [6.07, 6.45) is 0. The molecule has 0 spiro atoms. The molecule has 0 N–H and O–H groups in total. The maximum Gasteiger partial charge on any atom is 0.196 e. The van der Waals surface area contributed by atoms with Gasteiger partial charge in [0.15, 0.2) is 11.0 Å². The molecule has 0 saturated carbocycles. The Hall–Kier alpha value is -1.89. The molecule has 0 saturated heterocycles. The molecule has 3 rings (SSSR count). The van der Waals surface area contributed by atoms with Gasteiger partial charge in [0.05, 0.1) is 6.04 Å². The van der Waals surface area contributed by atoms with E-state index in [2.05, 4.69) is 28.9 Å². The highest BCUT2D eigenvalue weighted by atomic mass is 35.5. The lowest BCUT2D eigenvalue weighted by molar-refractivity contribution is 0.305. The molecular weight excluding hydrogens is 383 g/mol. The zero-order valence-electron chi connectivity index (χ0n) is 15.7. The summed E-state index contributed by atoms with van der Waals surface area (Å²) < 4.78 is 15.4. The summed E-state index contributed by atoms with van der Waals surface area (Å²) in [5, 5.41) is 10.4. The van der Waals surface area contributed by atoms with Crippen LogP contribution in [0.5, 0.6) is 0 Å². The van der Waals surface area contributed by atoms with Crippen molar-refractivity contribution < 1.29 is 4.39 Å². The summed E-state index contributed by atoms with van der Waals surface area (Å²) in [5.74, 6) is 0.535. The SMILES string of the molecule is C[C@H](Sc1nnc([C@@H](C)N(C)C)n1-c1ccc(F)cc1)c1ccccc1Cl. The average molecular weight is 405 g/mol. The van der Waals surface area contributed by atoms with Crippen molar-refractivity contribution in [1.82, 2.24) is 19.7 Å². The Morgan fingerprint density at radius 1 is 1.04 bits per heavy atom. The van der Waals surface area contributed by atoms with Crippen LogP contribution in [-0.2, 0) is 0 Å². The maximum atomic E-state index is 13.4. The second-order valence-electron chi connectivity index (χ2n) is 6.57. The minimum Gasteiger partial charge on any atom is -0.300 e. The third-order valence-corrected chi connectivity index (χ3v) is 5.94. The zero-order valence-corrected chi connectivity index (χ0v) is 17.3. The quantitative estimate of drug-likeness (QED) is 0.505. The van der Waals surface area contributed by atoms with Crippen molar-refractivity contribution in [2.45, 2.75) is 30.3 Å². The lowest BCUT2D eigenvalue weighted by atomic mass is 10.2. The number of hydrogen-bond acceptors (Lipinski definition) is 4. The second-order valence-corrected chi connectivity index (χ2v) is 8.29. The Morgan fingerprint density at radius 2 is 1.70 bits per heavy atom. The first kappa shape index (κ1) is 19.9. The highest BCUT2D eigenvalue weighted by Crippen LogP contribution is 2.38. The van der Waals surface area contributed by atoms with Gasteiger partial charge in [-0.1, -0.05) is 41.6 Å². The standard InChI is InChI=1S/C20H22ClFN4S/c1-13(25(3)4)19-23-24-20(26(19)16-11-9-15(22)10-12-16)27-14(2)17-7-5-6-8-18(17)21/h5-14H,1-4H3/t13-,14+/m1/s1. The van der Waals surface area contributed by atoms with Gasteiger partial charge in [0.25, 0.3) is 0 Å². The number of halogens is 2. The van der Waals surface area contributed by atoms with Gasteiger partial charge in [-0.25, -0.2) is 4.39 Å². The van der Waals surface area contributed by atoms with Crippen LogP contribution in [0.1, 0.15) is 36.5 Å². The minimum absolute atomic E-state index is 0.0486. The van der Waals surface area contributed by atoms with Crippen LogP contribution in [0, 0.1) is 5.82 Å². The summed E-state index contributed by atoms with van der Waals surface area (Å²) in [6.45, 7) is 4.15. The smallest absolute Gasteiger partial charge is 0.196 e. The fourth-order valence-corrected chi connectivity index (χ4v) is 4.12. The highest BCUT2D eigenvalue weighted by Gasteiger charge is 2.23. The molecule has 7 heteroatoms. The van der Waals surface area contributed by atoms with Crippen LogP contribution < -0.4 is 0 Å². The number of thioether (sulfide) groups is 1. The van der Waals surface area contributed by atoms with Gasteiger partial charge in [-0.3, -0.25) is 9.47 Å². The van der Waals surface area contributed by atoms with E-state index in [1.54, 1.807) is 23.9 Å². The van der Waals surface area contributed by atoms with Crippen molar-refractivity contribution in [3.63, 3.8) is 0 Å². The third-order valence-electron chi connectivity index (χ3n) is 4.52. The third kappa shape index (κ3) is 4.34. The summed E-state index contributed by atoms with van der Waals surface area (Å²) in [5.41, 5.74) is 1.87. The van der Waals surface area contributed by atoms with Crippen LogP contribution in [0.25, 0.3) is 5.69 Å². The summed E-state index contributed by atoms with van der Waals surface area (Å²) in [6, 6.07) is 14.2. The van der Waals surface area contributed by atoms with Gasteiger partial charge in [-0.2, -0.15) is 0 Å². The van der Waals surface area contributed by atoms with Gasteiger partial charge in [0.1, 0.15) is 5.82 Å². The van der Waals surface area contributed by atoms with E-state index in [9.17, 15) is 4.39 Å². The van der Waals surface area contributed by atoms with Gasteiger partial charge in [-0.15, -0.1) is 10.2 Å². The van der Waals surface area contributed by atoms with E-state index in [0.717, 1.165) is 27.3 Å². The molecule has 1 aromatic heterocycles. The molecule has 27 heavy (non-hydrogen) atoms. The number of benzene rings is 2. The van der Waals surface area contributed by atoms with Crippen molar-refractivity contribution in [3.8, 4) is 5.69 Å². The molecule has 0 aliphatic carbocycles. The molecule has 0 fully saturated rings. The molecule has 1 heterocycles. The van der Waals surface area contributed by atoms with Crippen LogP contribution in [0.4, 0.5) is 4.39 Å². The van der Waals surface area contributed by atoms with Crippen LogP contribution in [0.2, 0.25) is 5.02 Å². The minimum atomic E-state index is -0.271. The van der Waals surface area contributed by atoms with Gasteiger partial charge < -0.3 is 0 Å². The molecule has 0 aliphatic rings.